The van der Waals surface area contributed by atoms with Crippen molar-refractivity contribution < 1.29 is 5.11 Å². The molecule has 0 atom stereocenters. The molecule has 0 unspecified atom stereocenters. The van der Waals surface area contributed by atoms with Gasteiger partial charge in [0.2, 0.25) is 0 Å². The molecule has 0 saturated carbocycles. The van der Waals surface area contributed by atoms with Gasteiger partial charge in [0.25, 0.3) is 0 Å². The predicted octanol–water partition coefficient (Wildman–Crippen LogP) is 8.58. The smallest absolute Gasteiger partial charge is 0.119 e. The molecule has 0 radical (unpaired) electrons. The molecular formula is C24H42OS2. The highest BCUT2D eigenvalue weighted by Gasteiger charge is 2.04. The van der Waals surface area contributed by atoms with Crippen molar-refractivity contribution in [1.29, 1.82) is 0 Å². The van der Waals surface area contributed by atoms with Crippen LogP contribution in [0.1, 0.15) is 102 Å². The number of phenols is 1. The highest BCUT2D eigenvalue weighted by Crippen LogP contribution is 2.26. The zero-order chi connectivity index (χ0) is 19.6. The summed E-state index contributed by atoms with van der Waals surface area (Å²) in [6.07, 6.45) is 16.3. The molecule has 156 valence electrons. The molecule has 0 fully saturated rings. The van der Waals surface area contributed by atoms with E-state index >= 15 is 0 Å². The van der Waals surface area contributed by atoms with Gasteiger partial charge in [0.1, 0.15) is 5.75 Å². The Morgan fingerprint density at radius 3 is 1.74 bits per heavy atom. The van der Waals surface area contributed by atoms with Crippen LogP contribution in [0.4, 0.5) is 0 Å². The molecule has 3 heteroatoms. The highest BCUT2D eigenvalue weighted by atomic mass is 32.2. The zero-order valence-electron chi connectivity index (χ0n) is 17.8. The third-order valence-electron chi connectivity index (χ3n) is 4.96. The minimum atomic E-state index is 0.489. The standard InChI is InChI=1S/C24H42OS2/c1-3-5-7-9-11-13-17-26-20-22-15-16-23(24(25)19-22)21-27-18-14-12-10-8-6-4-2/h15-16,19,25H,3-14,17-18,20-21H2,1-2H3. The molecule has 0 spiro atoms. The first-order valence-electron chi connectivity index (χ1n) is 11.2. The lowest BCUT2D eigenvalue weighted by molar-refractivity contribution is 0.470. The summed E-state index contributed by atoms with van der Waals surface area (Å²) < 4.78 is 0. The second-order valence-electron chi connectivity index (χ2n) is 7.60. The van der Waals surface area contributed by atoms with Crippen LogP contribution in [-0.2, 0) is 11.5 Å². The summed E-state index contributed by atoms with van der Waals surface area (Å²) in [7, 11) is 0. The van der Waals surface area contributed by atoms with Gasteiger partial charge < -0.3 is 5.11 Å². The fraction of sp³-hybridized carbons (Fsp3) is 0.750. The molecule has 1 N–H and O–H groups in total. The van der Waals surface area contributed by atoms with Crippen molar-refractivity contribution in [1.82, 2.24) is 0 Å². The van der Waals surface area contributed by atoms with Crippen LogP contribution in [0, 0.1) is 0 Å². The molecule has 27 heavy (non-hydrogen) atoms. The Bertz CT molecular complexity index is 462. The lowest BCUT2D eigenvalue weighted by Crippen LogP contribution is -1.89. The monoisotopic (exact) mass is 410 g/mol. The van der Waals surface area contributed by atoms with Crippen molar-refractivity contribution in [3.05, 3.63) is 29.3 Å². The Morgan fingerprint density at radius 1 is 0.667 bits per heavy atom. The summed E-state index contributed by atoms with van der Waals surface area (Å²) in [6, 6.07) is 6.31. The van der Waals surface area contributed by atoms with Gasteiger partial charge in [0.05, 0.1) is 0 Å². The van der Waals surface area contributed by atoms with Gasteiger partial charge in [-0.2, -0.15) is 23.5 Å². The van der Waals surface area contributed by atoms with Crippen molar-refractivity contribution in [2.24, 2.45) is 0 Å². The normalized spacial score (nSPS) is 11.2. The quantitative estimate of drug-likeness (QED) is 0.245. The van der Waals surface area contributed by atoms with Crippen LogP contribution in [0.3, 0.4) is 0 Å². The lowest BCUT2D eigenvalue weighted by atomic mass is 10.1. The Balaban J connectivity index is 2.09. The molecule has 1 aromatic carbocycles. The van der Waals surface area contributed by atoms with Crippen LogP contribution in [0.25, 0.3) is 0 Å². The Labute approximate surface area is 177 Å². The van der Waals surface area contributed by atoms with Crippen molar-refractivity contribution in [3.8, 4) is 5.75 Å². The Morgan fingerprint density at radius 2 is 1.19 bits per heavy atom. The van der Waals surface area contributed by atoms with E-state index in [1.165, 1.54) is 94.1 Å². The molecule has 0 bridgehead atoms. The second kappa shape index (κ2) is 17.8. The molecule has 1 nitrogen and oxygen atoms in total. The van der Waals surface area contributed by atoms with E-state index in [1.54, 1.807) is 0 Å². The minimum Gasteiger partial charge on any atom is -0.508 e. The summed E-state index contributed by atoms with van der Waals surface area (Å²) in [5, 5.41) is 10.3. The molecule has 0 aliphatic rings. The molecule has 0 heterocycles. The van der Waals surface area contributed by atoms with Crippen molar-refractivity contribution in [2.45, 2.75) is 102 Å². The first-order valence-corrected chi connectivity index (χ1v) is 13.5. The molecular weight excluding hydrogens is 368 g/mol. The third-order valence-corrected chi connectivity index (χ3v) is 7.17. The van der Waals surface area contributed by atoms with Gasteiger partial charge in [0, 0.05) is 17.1 Å². The fourth-order valence-corrected chi connectivity index (χ4v) is 5.15. The summed E-state index contributed by atoms with van der Waals surface area (Å²) in [6.45, 7) is 4.53. The molecule has 0 aromatic heterocycles. The van der Waals surface area contributed by atoms with Gasteiger partial charge in [-0.1, -0.05) is 90.2 Å². The second-order valence-corrected chi connectivity index (χ2v) is 9.81. The van der Waals surface area contributed by atoms with E-state index < -0.39 is 0 Å². The number of thioether (sulfide) groups is 2. The molecule has 0 aliphatic heterocycles. The van der Waals surface area contributed by atoms with Crippen LogP contribution in [0.5, 0.6) is 5.75 Å². The Kier molecular flexibility index (Phi) is 16.3. The van der Waals surface area contributed by atoms with Gasteiger partial charge in [-0.3, -0.25) is 0 Å². The minimum absolute atomic E-state index is 0.489. The summed E-state index contributed by atoms with van der Waals surface area (Å²) in [5.74, 6) is 4.90. The Hall–Kier alpha value is -0.280. The van der Waals surface area contributed by atoms with Gasteiger partial charge in [-0.25, -0.2) is 0 Å². The number of aromatic hydroxyl groups is 1. The largest absolute Gasteiger partial charge is 0.508 e. The van der Waals surface area contributed by atoms with Crippen molar-refractivity contribution >= 4 is 23.5 Å². The van der Waals surface area contributed by atoms with Crippen LogP contribution < -0.4 is 0 Å². The first-order chi connectivity index (χ1) is 13.3. The molecule has 1 rings (SSSR count). The summed E-state index contributed by atoms with van der Waals surface area (Å²) in [5.41, 5.74) is 2.35. The van der Waals surface area contributed by atoms with Crippen LogP contribution in [0.2, 0.25) is 0 Å². The van der Waals surface area contributed by atoms with E-state index in [0.29, 0.717) is 5.75 Å². The van der Waals surface area contributed by atoms with E-state index in [2.05, 4.69) is 26.0 Å². The molecule has 0 saturated heterocycles. The lowest BCUT2D eigenvalue weighted by Gasteiger charge is -2.08. The average molecular weight is 411 g/mol. The maximum Gasteiger partial charge on any atom is 0.119 e. The van der Waals surface area contributed by atoms with Gasteiger partial charge in [0.15, 0.2) is 0 Å². The van der Waals surface area contributed by atoms with Gasteiger partial charge in [-0.05, 0) is 36.0 Å². The maximum atomic E-state index is 10.3. The summed E-state index contributed by atoms with van der Waals surface area (Å²) in [4.78, 5) is 0. The van der Waals surface area contributed by atoms with E-state index in [9.17, 15) is 5.11 Å². The van der Waals surface area contributed by atoms with Crippen LogP contribution in [-0.4, -0.2) is 16.6 Å². The number of rotatable bonds is 18. The maximum absolute atomic E-state index is 10.3. The average Bonchev–Trinajstić information content (AvgIpc) is 2.67. The number of benzene rings is 1. The topological polar surface area (TPSA) is 20.2 Å². The highest BCUT2D eigenvalue weighted by molar-refractivity contribution is 7.98. The van der Waals surface area contributed by atoms with Crippen molar-refractivity contribution in [3.63, 3.8) is 0 Å². The molecule has 0 amide bonds. The van der Waals surface area contributed by atoms with E-state index in [-0.39, 0.29) is 0 Å². The van der Waals surface area contributed by atoms with Crippen molar-refractivity contribution in [2.75, 3.05) is 11.5 Å². The molecule has 1 aromatic rings. The van der Waals surface area contributed by atoms with E-state index in [0.717, 1.165) is 17.1 Å². The first kappa shape index (κ1) is 24.8. The zero-order valence-corrected chi connectivity index (χ0v) is 19.4. The van der Waals surface area contributed by atoms with E-state index in [1.807, 2.05) is 29.6 Å². The predicted molar refractivity (Wildman–Crippen MR) is 127 cm³/mol. The number of unbranched alkanes of at least 4 members (excludes halogenated alkanes) is 10. The third kappa shape index (κ3) is 13.5. The SMILES string of the molecule is CCCCCCCCSCc1ccc(CSCCCCCCCC)c(O)c1. The van der Waals surface area contributed by atoms with E-state index in [4.69, 9.17) is 0 Å². The van der Waals surface area contributed by atoms with Gasteiger partial charge >= 0.3 is 0 Å². The van der Waals surface area contributed by atoms with Crippen LogP contribution in [0.15, 0.2) is 18.2 Å². The van der Waals surface area contributed by atoms with Crippen LogP contribution >= 0.6 is 23.5 Å². The number of phenolic OH excluding ortho intramolecular Hbond substituents is 1. The summed E-state index contributed by atoms with van der Waals surface area (Å²) >= 11 is 3.96. The fourth-order valence-electron chi connectivity index (χ4n) is 3.16. The number of hydrogen-bond acceptors (Lipinski definition) is 3. The molecule has 0 aliphatic carbocycles. The number of hydrogen-bond donors (Lipinski definition) is 1. The van der Waals surface area contributed by atoms with Gasteiger partial charge in [-0.15, -0.1) is 0 Å².